The van der Waals surface area contributed by atoms with E-state index in [9.17, 15) is 0 Å². The van der Waals surface area contributed by atoms with Crippen molar-refractivity contribution in [1.29, 1.82) is 0 Å². The molecule has 0 saturated heterocycles. The average Bonchev–Trinajstić information content (AvgIpc) is 2.10. The molecule has 1 aliphatic rings. The summed E-state index contributed by atoms with van der Waals surface area (Å²) in [7, 11) is 0. The summed E-state index contributed by atoms with van der Waals surface area (Å²) >= 11 is 0. The van der Waals surface area contributed by atoms with E-state index in [1.807, 2.05) is 0 Å². The summed E-state index contributed by atoms with van der Waals surface area (Å²) in [6, 6.07) is 0. The number of nitrogens with one attached hydrogen (secondary N) is 1. The van der Waals surface area contributed by atoms with Crippen molar-refractivity contribution >= 4 is 0 Å². The second-order valence-electron chi connectivity index (χ2n) is 6.90. The van der Waals surface area contributed by atoms with Gasteiger partial charge in [-0.2, -0.15) is 0 Å². The molecule has 0 unspecified atom stereocenters. The fourth-order valence-electron chi connectivity index (χ4n) is 3.90. The Morgan fingerprint density at radius 3 is 2.00 bits per heavy atom. The van der Waals surface area contributed by atoms with E-state index in [0.29, 0.717) is 23.9 Å². The van der Waals surface area contributed by atoms with E-state index in [1.165, 1.54) is 6.42 Å². The van der Waals surface area contributed by atoms with Crippen LogP contribution in [0.4, 0.5) is 0 Å². The Kier molecular flexibility index (Phi) is 3.72. The van der Waals surface area contributed by atoms with Crippen molar-refractivity contribution < 1.29 is 0 Å². The van der Waals surface area contributed by atoms with Crippen LogP contribution >= 0.6 is 0 Å². The molecule has 0 aromatic carbocycles. The summed E-state index contributed by atoms with van der Waals surface area (Å²) in [5.41, 5.74) is 6.69. The fraction of sp³-hybridized carbons (Fsp3) is 0.857. The monoisotopic (exact) mass is 222 g/mol. The highest BCUT2D eigenvalue weighted by atomic mass is 15.0. The molecular formula is C14H26N2. The molecule has 92 valence electrons. The van der Waals surface area contributed by atoms with Crippen LogP contribution in [0.2, 0.25) is 0 Å². The van der Waals surface area contributed by atoms with Gasteiger partial charge >= 0.3 is 0 Å². The van der Waals surface area contributed by atoms with Gasteiger partial charge in [0.15, 0.2) is 0 Å². The van der Waals surface area contributed by atoms with Crippen molar-refractivity contribution in [2.24, 2.45) is 16.6 Å². The zero-order valence-electron chi connectivity index (χ0n) is 11.2. The Morgan fingerprint density at radius 2 is 1.62 bits per heavy atom. The van der Waals surface area contributed by atoms with Crippen molar-refractivity contribution in [1.82, 2.24) is 5.32 Å². The van der Waals surface area contributed by atoms with Crippen LogP contribution in [0, 0.1) is 23.2 Å². The molecule has 0 aliphatic heterocycles. The summed E-state index contributed by atoms with van der Waals surface area (Å²) in [4.78, 5) is 0. The Morgan fingerprint density at radius 1 is 1.12 bits per heavy atom. The molecule has 1 rings (SSSR count). The summed E-state index contributed by atoms with van der Waals surface area (Å²) in [6.45, 7) is 10.6. The topological polar surface area (TPSA) is 38.0 Å². The maximum absolute atomic E-state index is 5.99. The van der Waals surface area contributed by atoms with Gasteiger partial charge in [-0.15, -0.1) is 6.42 Å². The number of hydrogen-bond donors (Lipinski definition) is 2. The minimum absolute atomic E-state index is 0.0254. The van der Waals surface area contributed by atoms with Crippen LogP contribution in [0.1, 0.15) is 47.0 Å². The number of rotatable bonds is 3. The van der Waals surface area contributed by atoms with Gasteiger partial charge in [0.2, 0.25) is 0 Å². The van der Waals surface area contributed by atoms with Gasteiger partial charge in [0.1, 0.15) is 0 Å². The highest BCUT2D eigenvalue weighted by Crippen LogP contribution is 2.49. The summed E-state index contributed by atoms with van der Waals surface area (Å²) in [6.07, 6.45) is 8.82. The van der Waals surface area contributed by atoms with Gasteiger partial charge in [-0.05, 0) is 30.1 Å². The van der Waals surface area contributed by atoms with Gasteiger partial charge in [0.05, 0.1) is 6.54 Å². The Hall–Kier alpha value is -0.520. The van der Waals surface area contributed by atoms with Gasteiger partial charge in [-0.3, -0.25) is 5.32 Å². The molecule has 0 heterocycles. The molecule has 0 spiro atoms. The molecular weight excluding hydrogens is 196 g/mol. The molecule has 3 N–H and O–H groups in total. The molecule has 16 heavy (non-hydrogen) atoms. The average molecular weight is 222 g/mol. The fourth-order valence-corrected chi connectivity index (χ4v) is 3.90. The SMILES string of the molecule is C#CCNC1(CN)CC(C)(C)CC(C)(C)C1. The largest absolute Gasteiger partial charge is 0.329 e. The molecule has 1 saturated carbocycles. The van der Waals surface area contributed by atoms with Crippen molar-refractivity contribution in [3.63, 3.8) is 0 Å². The van der Waals surface area contributed by atoms with Gasteiger partial charge in [-0.1, -0.05) is 33.6 Å². The highest BCUT2D eigenvalue weighted by molar-refractivity contribution is 5.05. The zero-order chi connectivity index (χ0) is 12.4. The highest BCUT2D eigenvalue weighted by Gasteiger charge is 2.46. The van der Waals surface area contributed by atoms with E-state index in [2.05, 4.69) is 38.9 Å². The van der Waals surface area contributed by atoms with Gasteiger partial charge in [0.25, 0.3) is 0 Å². The number of hydrogen-bond acceptors (Lipinski definition) is 2. The summed E-state index contributed by atoms with van der Waals surface area (Å²) < 4.78 is 0. The Balaban J connectivity index is 2.88. The first-order valence-corrected chi connectivity index (χ1v) is 6.13. The first-order valence-electron chi connectivity index (χ1n) is 6.13. The van der Waals surface area contributed by atoms with Crippen LogP contribution in [-0.2, 0) is 0 Å². The van der Waals surface area contributed by atoms with E-state index in [-0.39, 0.29) is 5.54 Å². The van der Waals surface area contributed by atoms with Crippen LogP contribution in [0.5, 0.6) is 0 Å². The summed E-state index contributed by atoms with van der Waals surface area (Å²) in [5, 5.41) is 3.48. The third kappa shape index (κ3) is 3.23. The van der Waals surface area contributed by atoms with Crippen molar-refractivity contribution in [2.75, 3.05) is 13.1 Å². The van der Waals surface area contributed by atoms with Crippen molar-refractivity contribution in [2.45, 2.75) is 52.5 Å². The maximum Gasteiger partial charge on any atom is 0.0578 e. The van der Waals surface area contributed by atoms with E-state index in [4.69, 9.17) is 12.2 Å². The van der Waals surface area contributed by atoms with E-state index < -0.39 is 0 Å². The van der Waals surface area contributed by atoms with Crippen molar-refractivity contribution in [3.05, 3.63) is 0 Å². The van der Waals surface area contributed by atoms with Crippen LogP contribution in [0.3, 0.4) is 0 Å². The molecule has 2 heteroatoms. The van der Waals surface area contributed by atoms with Crippen LogP contribution < -0.4 is 11.1 Å². The molecule has 0 aromatic heterocycles. The second kappa shape index (κ2) is 4.39. The lowest BCUT2D eigenvalue weighted by atomic mass is 9.58. The zero-order valence-corrected chi connectivity index (χ0v) is 11.2. The number of terminal acetylenes is 1. The smallest absolute Gasteiger partial charge is 0.0578 e. The minimum Gasteiger partial charge on any atom is -0.329 e. The van der Waals surface area contributed by atoms with E-state index >= 15 is 0 Å². The number of nitrogens with two attached hydrogens (primary N) is 1. The molecule has 0 amide bonds. The maximum atomic E-state index is 5.99. The third-order valence-electron chi connectivity index (χ3n) is 3.55. The van der Waals surface area contributed by atoms with Gasteiger partial charge in [0, 0.05) is 12.1 Å². The third-order valence-corrected chi connectivity index (χ3v) is 3.55. The minimum atomic E-state index is 0.0254. The second-order valence-corrected chi connectivity index (χ2v) is 6.90. The Labute approximate surface area is 100 Å². The molecule has 0 atom stereocenters. The predicted octanol–water partition coefficient (Wildman–Crippen LogP) is 2.14. The van der Waals surface area contributed by atoms with Crippen LogP contribution in [0.25, 0.3) is 0 Å². The quantitative estimate of drug-likeness (QED) is 0.718. The predicted molar refractivity (Wildman–Crippen MR) is 70.0 cm³/mol. The first kappa shape index (κ1) is 13.5. The molecule has 0 aromatic rings. The lowest BCUT2D eigenvalue weighted by Gasteiger charge is -2.52. The molecule has 1 aliphatic carbocycles. The van der Waals surface area contributed by atoms with Gasteiger partial charge < -0.3 is 5.73 Å². The molecule has 1 fully saturated rings. The molecule has 0 bridgehead atoms. The first-order chi connectivity index (χ1) is 7.24. The molecule has 0 radical (unpaired) electrons. The normalized spacial score (nSPS) is 26.0. The lowest BCUT2D eigenvalue weighted by molar-refractivity contribution is 0.0347. The lowest BCUT2D eigenvalue weighted by Crippen LogP contribution is -2.59. The molecule has 2 nitrogen and oxygen atoms in total. The standard InChI is InChI=1S/C14H26N2/c1-6-7-16-14(11-15)9-12(2,3)8-13(4,5)10-14/h1,16H,7-11,15H2,2-5H3. The van der Waals surface area contributed by atoms with Gasteiger partial charge in [-0.25, -0.2) is 0 Å². The van der Waals surface area contributed by atoms with Crippen LogP contribution in [-0.4, -0.2) is 18.6 Å². The van der Waals surface area contributed by atoms with Crippen LogP contribution in [0.15, 0.2) is 0 Å². The van der Waals surface area contributed by atoms with E-state index in [0.717, 1.165) is 12.8 Å². The summed E-state index contributed by atoms with van der Waals surface area (Å²) in [5.74, 6) is 2.66. The van der Waals surface area contributed by atoms with E-state index in [1.54, 1.807) is 0 Å². The van der Waals surface area contributed by atoms with Crippen molar-refractivity contribution in [3.8, 4) is 12.3 Å². The Bertz CT molecular complexity index is 268.